The maximum atomic E-state index is 3.69. The summed E-state index contributed by atoms with van der Waals surface area (Å²) in [5, 5.41) is 0. The van der Waals surface area contributed by atoms with E-state index < -0.39 is 0 Å². The quantitative estimate of drug-likeness (QED) is 0.547. The van der Waals surface area contributed by atoms with Crippen LogP contribution in [-0.2, 0) is 0 Å². The molecule has 0 aromatic rings. The molecule has 0 aliphatic carbocycles. The van der Waals surface area contributed by atoms with Crippen LogP contribution in [0.15, 0.2) is 48.1 Å². The third kappa shape index (κ3) is 3.97. The van der Waals surface area contributed by atoms with Gasteiger partial charge in [-0.25, -0.2) is 0 Å². The third-order valence-electron chi connectivity index (χ3n) is 1.61. The average Bonchev–Trinajstić information content (AvgIpc) is 2.04. The van der Waals surface area contributed by atoms with Gasteiger partial charge in [0.1, 0.15) is 0 Å². The van der Waals surface area contributed by atoms with E-state index in [-0.39, 0.29) is 0 Å². The molecule has 0 fully saturated rings. The Kier molecular flexibility index (Phi) is 6.08. The fraction of sp³-hybridized carbons (Fsp3) is 0.333. The normalized spacial score (nSPS) is 13.9. The maximum Gasteiger partial charge on any atom is -0.0234 e. The van der Waals surface area contributed by atoms with Crippen molar-refractivity contribution in [2.45, 2.75) is 27.2 Å². The van der Waals surface area contributed by atoms with Crippen LogP contribution in [0.4, 0.5) is 0 Å². The summed E-state index contributed by atoms with van der Waals surface area (Å²) in [6, 6.07) is 0. The van der Waals surface area contributed by atoms with Crippen molar-refractivity contribution < 1.29 is 0 Å². The van der Waals surface area contributed by atoms with Crippen molar-refractivity contribution in [2.24, 2.45) is 0 Å². The van der Waals surface area contributed by atoms with E-state index >= 15 is 0 Å². The van der Waals surface area contributed by atoms with Gasteiger partial charge in [-0.3, -0.25) is 0 Å². The zero-order valence-electron chi connectivity index (χ0n) is 8.30. The molecule has 0 aliphatic rings. The molecule has 0 heteroatoms. The molecule has 0 heterocycles. The predicted octanol–water partition coefficient (Wildman–Crippen LogP) is 4.03. The van der Waals surface area contributed by atoms with Crippen LogP contribution in [0.3, 0.4) is 0 Å². The molecular weight excluding hydrogens is 144 g/mol. The van der Waals surface area contributed by atoms with Gasteiger partial charge in [-0.15, -0.1) is 0 Å². The Balaban J connectivity index is 4.62. The van der Waals surface area contributed by atoms with Crippen molar-refractivity contribution in [2.75, 3.05) is 0 Å². The molecule has 0 spiro atoms. The van der Waals surface area contributed by atoms with Crippen molar-refractivity contribution in [1.29, 1.82) is 0 Å². The van der Waals surface area contributed by atoms with Crippen molar-refractivity contribution in [3.8, 4) is 0 Å². The van der Waals surface area contributed by atoms with Crippen LogP contribution in [0.5, 0.6) is 0 Å². The first-order chi connectivity index (χ1) is 5.76. The summed E-state index contributed by atoms with van der Waals surface area (Å²) in [6.45, 7) is 9.98. The smallest absolute Gasteiger partial charge is 0.0234 e. The van der Waals surface area contributed by atoms with Gasteiger partial charge in [-0.05, 0) is 31.4 Å². The molecule has 0 nitrogen and oxygen atoms in total. The summed E-state index contributed by atoms with van der Waals surface area (Å²) in [5.74, 6) is 0. The second kappa shape index (κ2) is 6.66. The van der Waals surface area contributed by atoms with E-state index in [0.717, 1.165) is 6.42 Å². The summed E-state index contributed by atoms with van der Waals surface area (Å²) in [6.07, 6.45) is 11.3. The van der Waals surface area contributed by atoms with Gasteiger partial charge in [0, 0.05) is 0 Å². The molecule has 0 unspecified atom stereocenters. The van der Waals surface area contributed by atoms with Crippen molar-refractivity contribution in [1.82, 2.24) is 0 Å². The highest BCUT2D eigenvalue weighted by Gasteiger charge is 1.91. The zero-order chi connectivity index (χ0) is 9.40. The number of allylic oxidation sites excluding steroid dienone is 7. The van der Waals surface area contributed by atoms with Gasteiger partial charge in [0.15, 0.2) is 0 Å². The van der Waals surface area contributed by atoms with Crippen LogP contribution < -0.4 is 0 Å². The SMILES string of the molecule is C=C/C=C(\C=C/C)C(/C)=C/CC. The first kappa shape index (κ1) is 11.0. The second-order valence-electron chi connectivity index (χ2n) is 2.65. The molecule has 0 aromatic carbocycles. The Morgan fingerprint density at radius 1 is 1.42 bits per heavy atom. The van der Waals surface area contributed by atoms with E-state index in [2.05, 4.69) is 32.6 Å². The largest absolute Gasteiger partial charge is 0.0990 e. The first-order valence-corrected chi connectivity index (χ1v) is 4.38. The lowest BCUT2D eigenvalue weighted by molar-refractivity contribution is 1.19. The molecule has 0 N–H and O–H groups in total. The molecule has 0 bridgehead atoms. The van der Waals surface area contributed by atoms with Crippen LogP contribution in [0, 0.1) is 0 Å². The van der Waals surface area contributed by atoms with E-state index in [1.54, 1.807) is 0 Å². The van der Waals surface area contributed by atoms with E-state index in [1.807, 2.05) is 25.2 Å². The van der Waals surface area contributed by atoms with E-state index in [1.165, 1.54) is 11.1 Å². The van der Waals surface area contributed by atoms with E-state index in [4.69, 9.17) is 0 Å². The Labute approximate surface area is 76.0 Å². The van der Waals surface area contributed by atoms with Gasteiger partial charge >= 0.3 is 0 Å². The van der Waals surface area contributed by atoms with Crippen LogP contribution in [0.1, 0.15) is 27.2 Å². The van der Waals surface area contributed by atoms with Crippen molar-refractivity contribution in [3.63, 3.8) is 0 Å². The van der Waals surface area contributed by atoms with Gasteiger partial charge < -0.3 is 0 Å². The second-order valence-corrected chi connectivity index (χ2v) is 2.65. The summed E-state index contributed by atoms with van der Waals surface area (Å²) >= 11 is 0. The highest BCUT2D eigenvalue weighted by atomic mass is 14.0. The Morgan fingerprint density at radius 2 is 2.08 bits per heavy atom. The lowest BCUT2D eigenvalue weighted by Crippen LogP contribution is -1.80. The standard InChI is InChI=1S/C12H18/c1-5-8-11(4)12(9-6-2)10-7-3/h6-10H,2,5H2,1,3-4H3/b10-7-,11-8+,12-9+. The fourth-order valence-electron chi connectivity index (χ4n) is 1.05. The predicted molar refractivity (Wildman–Crippen MR) is 57.1 cm³/mol. The molecule has 66 valence electrons. The lowest BCUT2D eigenvalue weighted by atomic mass is 10.1. The zero-order valence-corrected chi connectivity index (χ0v) is 8.30. The molecule has 0 aromatic heterocycles. The van der Waals surface area contributed by atoms with E-state index in [0.29, 0.717) is 0 Å². The summed E-state index contributed by atoms with van der Waals surface area (Å²) in [4.78, 5) is 0. The highest BCUT2D eigenvalue weighted by molar-refractivity contribution is 5.40. The Hall–Kier alpha value is -1.04. The number of rotatable bonds is 4. The first-order valence-electron chi connectivity index (χ1n) is 4.38. The van der Waals surface area contributed by atoms with Gasteiger partial charge in [0.25, 0.3) is 0 Å². The fourth-order valence-corrected chi connectivity index (χ4v) is 1.05. The van der Waals surface area contributed by atoms with Gasteiger partial charge in [0.2, 0.25) is 0 Å². The van der Waals surface area contributed by atoms with Crippen LogP contribution in [0.25, 0.3) is 0 Å². The van der Waals surface area contributed by atoms with Crippen LogP contribution in [0.2, 0.25) is 0 Å². The minimum absolute atomic E-state index is 1.08. The summed E-state index contributed by atoms with van der Waals surface area (Å²) < 4.78 is 0. The summed E-state index contributed by atoms with van der Waals surface area (Å²) in [5.41, 5.74) is 2.56. The molecule has 0 atom stereocenters. The minimum atomic E-state index is 1.08. The van der Waals surface area contributed by atoms with Gasteiger partial charge in [0.05, 0.1) is 0 Å². The molecule has 12 heavy (non-hydrogen) atoms. The molecule has 0 amide bonds. The third-order valence-corrected chi connectivity index (χ3v) is 1.61. The number of hydrogen-bond acceptors (Lipinski definition) is 0. The molecule has 0 saturated carbocycles. The molecular formula is C12H18. The van der Waals surface area contributed by atoms with Crippen molar-refractivity contribution >= 4 is 0 Å². The minimum Gasteiger partial charge on any atom is -0.0990 e. The molecule has 0 rings (SSSR count). The number of hydrogen-bond donors (Lipinski definition) is 0. The topological polar surface area (TPSA) is 0 Å². The Bertz CT molecular complexity index is 214. The lowest BCUT2D eigenvalue weighted by Gasteiger charge is -2.00. The monoisotopic (exact) mass is 162 g/mol. The molecule has 0 radical (unpaired) electrons. The average molecular weight is 162 g/mol. The molecule has 0 aliphatic heterocycles. The van der Waals surface area contributed by atoms with Crippen LogP contribution in [-0.4, -0.2) is 0 Å². The molecule has 0 saturated heterocycles. The van der Waals surface area contributed by atoms with Crippen molar-refractivity contribution in [3.05, 3.63) is 48.1 Å². The van der Waals surface area contributed by atoms with Crippen LogP contribution >= 0.6 is 0 Å². The van der Waals surface area contributed by atoms with Gasteiger partial charge in [-0.2, -0.15) is 0 Å². The maximum absolute atomic E-state index is 3.69. The van der Waals surface area contributed by atoms with Gasteiger partial charge in [-0.1, -0.05) is 43.9 Å². The highest BCUT2D eigenvalue weighted by Crippen LogP contribution is 2.11. The Morgan fingerprint density at radius 3 is 2.50 bits per heavy atom. The van der Waals surface area contributed by atoms with E-state index in [9.17, 15) is 0 Å². The summed E-state index contributed by atoms with van der Waals surface area (Å²) in [7, 11) is 0.